The number of carbonyl (C=O) groups excluding carboxylic acids is 1. The Morgan fingerprint density at radius 1 is 1.20 bits per heavy atom. The first kappa shape index (κ1) is 20.3. The second-order valence-corrected chi connectivity index (χ2v) is 7.59. The Bertz CT molecular complexity index is 1110. The van der Waals surface area contributed by atoms with Gasteiger partial charge in [0.1, 0.15) is 12.6 Å². The van der Waals surface area contributed by atoms with Gasteiger partial charge in [-0.25, -0.2) is 4.68 Å². The summed E-state index contributed by atoms with van der Waals surface area (Å²) in [6, 6.07) is 14.5. The molecule has 0 radical (unpaired) electrons. The number of ether oxygens (including phenoxy) is 1. The number of halogens is 1. The normalized spacial score (nSPS) is 16.5. The maximum atomic E-state index is 12.7. The smallest absolute Gasteiger partial charge is 0.267 e. The molecular weight excluding hydrogens is 404 g/mol. The zero-order valence-corrected chi connectivity index (χ0v) is 17.2. The van der Waals surface area contributed by atoms with Gasteiger partial charge in [0.05, 0.1) is 24.5 Å². The highest BCUT2D eigenvalue weighted by Gasteiger charge is 2.26. The van der Waals surface area contributed by atoms with Crippen LogP contribution in [0.1, 0.15) is 17.5 Å². The Labute approximate surface area is 178 Å². The molecule has 0 spiro atoms. The van der Waals surface area contributed by atoms with Crippen LogP contribution in [0.15, 0.2) is 59.5 Å². The molecule has 2 aromatic heterocycles. The predicted octanol–water partition coefficient (Wildman–Crippen LogP) is 2.87. The molecule has 3 heterocycles. The van der Waals surface area contributed by atoms with E-state index in [4.69, 9.17) is 16.3 Å². The highest BCUT2D eigenvalue weighted by Crippen LogP contribution is 2.25. The van der Waals surface area contributed by atoms with Crippen molar-refractivity contribution in [1.29, 1.82) is 0 Å². The van der Waals surface area contributed by atoms with E-state index in [9.17, 15) is 9.59 Å². The fourth-order valence-electron chi connectivity index (χ4n) is 3.38. The Morgan fingerprint density at radius 3 is 2.83 bits per heavy atom. The van der Waals surface area contributed by atoms with Crippen molar-refractivity contribution in [1.82, 2.24) is 19.7 Å². The number of morpholine rings is 1. The minimum atomic E-state index is -0.321. The summed E-state index contributed by atoms with van der Waals surface area (Å²) in [6.45, 7) is 2.95. The van der Waals surface area contributed by atoms with Crippen LogP contribution in [0.5, 0.6) is 0 Å². The molecule has 0 N–H and O–H groups in total. The topological polar surface area (TPSA) is 77.3 Å². The molecule has 1 unspecified atom stereocenters. The van der Waals surface area contributed by atoms with Crippen molar-refractivity contribution < 1.29 is 9.53 Å². The van der Waals surface area contributed by atoms with E-state index >= 15 is 0 Å². The van der Waals surface area contributed by atoms with Crippen molar-refractivity contribution in [3.8, 4) is 11.1 Å². The molecule has 0 bridgehead atoms. The number of aromatic nitrogens is 3. The van der Waals surface area contributed by atoms with Gasteiger partial charge in [-0.15, -0.1) is 0 Å². The molecule has 1 aliphatic rings. The number of benzene rings is 1. The van der Waals surface area contributed by atoms with E-state index in [0.29, 0.717) is 30.4 Å². The van der Waals surface area contributed by atoms with E-state index in [2.05, 4.69) is 10.1 Å². The zero-order chi connectivity index (χ0) is 21.1. The van der Waals surface area contributed by atoms with Crippen LogP contribution in [0.25, 0.3) is 11.1 Å². The second kappa shape index (κ2) is 8.77. The van der Waals surface area contributed by atoms with Gasteiger partial charge in [-0.05, 0) is 36.8 Å². The highest BCUT2D eigenvalue weighted by molar-refractivity contribution is 6.30. The molecule has 3 aromatic rings. The van der Waals surface area contributed by atoms with Gasteiger partial charge in [0.25, 0.3) is 5.56 Å². The lowest BCUT2D eigenvalue weighted by Crippen LogP contribution is -2.45. The molecule has 1 saturated heterocycles. The molecule has 4 rings (SSSR count). The van der Waals surface area contributed by atoms with E-state index in [-0.39, 0.29) is 24.1 Å². The second-order valence-electron chi connectivity index (χ2n) is 7.15. The van der Waals surface area contributed by atoms with Crippen molar-refractivity contribution in [2.75, 3.05) is 19.7 Å². The number of hydrogen-bond donors (Lipinski definition) is 0. The van der Waals surface area contributed by atoms with Crippen LogP contribution in [0.4, 0.5) is 0 Å². The Kier molecular flexibility index (Phi) is 5.92. The van der Waals surface area contributed by atoms with Crippen LogP contribution in [-0.2, 0) is 16.1 Å². The third-order valence-corrected chi connectivity index (χ3v) is 5.21. The minimum absolute atomic E-state index is 0.0889. The fraction of sp³-hybridized carbons (Fsp3) is 0.273. The van der Waals surface area contributed by atoms with E-state index in [1.165, 1.54) is 10.7 Å². The van der Waals surface area contributed by atoms with Gasteiger partial charge in [-0.3, -0.25) is 14.6 Å². The van der Waals surface area contributed by atoms with Gasteiger partial charge < -0.3 is 9.64 Å². The summed E-state index contributed by atoms with van der Waals surface area (Å²) < 4.78 is 7.04. The first-order valence-electron chi connectivity index (χ1n) is 9.65. The molecule has 1 amide bonds. The van der Waals surface area contributed by atoms with Gasteiger partial charge in [-0.2, -0.15) is 5.10 Å². The monoisotopic (exact) mass is 424 g/mol. The average molecular weight is 425 g/mol. The SMILES string of the molecule is Cc1ccc(=O)n(CC(=O)N2CCOC(c3ccc(-c4cccc(Cl)c4)cn3)C2)n1. The van der Waals surface area contributed by atoms with E-state index < -0.39 is 0 Å². The number of hydrogen-bond acceptors (Lipinski definition) is 5. The molecular formula is C22H21ClN4O3. The molecule has 154 valence electrons. The van der Waals surface area contributed by atoms with Crippen molar-refractivity contribution in [3.63, 3.8) is 0 Å². The maximum Gasteiger partial charge on any atom is 0.267 e. The quantitative estimate of drug-likeness (QED) is 0.643. The van der Waals surface area contributed by atoms with Gasteiger partial charge in [-0.1, -0.05) is 29.8 Å². The van der Waals surface area contributed by atoms with Crippen molar-refractivity contribution in [2.45, 2.75) is 19.6 Å². The molecule has 1 aliphatic heterocycles. The van der Waals surface area contributed by atoms with Crippen LogP contribution in [0.2, 0.25) is 5.02 Å². The Morgan fingerprint density at radius 2 is 2.07 bits per heavy atom. The summed E-state index contributed by atoms with van der Waals surface area (Å²) in [5.74, 6) is -0.168. The van der Waals surface area contributed by atoms with Gasteiger partial charge in [0.2, 0.25) is 5.91 Å². The maximum absolute atomic E-state index is 12.7. The lowest BCUT2D eigenvalue weighted by Gasteiger charge is -2.32. The Balaban J connectivity index is 1.45. The van der Waals surface area contributed by atoms with Crippen LogP contribution in [-0.4, -0.2) is 45.3 Å². The number of aryl methyl sites for hydroxylation is 1. The molecule has 1 atom stereocenters. The number of rotatable bonds is 4. The molecule has 8 heteroatoms. The first-order chi connectivity index (χ1) is 14.5. The summed E-state index contributed by atoms with van der Waals surface area (Å²) >= 11 is 6.07. The summed E-state index contributed by atoms with van der Waals surface area (Å²) in [5.41, 5.74) is 3.08. The molecule has 1 aromatic carbocycles. The lowest BCUT2D eigenvalue weighted by molar-refractivity contribution is -0.140. The van der Waals surface area contributed by atoms with E-state index in [1.54, 1.807) is 24.1 Å². The number of carbonyl (C=O) groups is 1. The molecule has 7 nitrogen and oxygen atoms in total. The summed E-state index contributed by atoms with van der Waals surface area (Å²) in [4.78, 5) is 30.9. The third kappa shape index (κ3) is 4.58. The van der Waals surface area contributed by atoms with Gasteiger partial charge in [0.15, 0.2) is 0 Å². The fourth-order valence-corrected chi connectivity index (χ4v) is 3.57. The molecule has 1 fully saturated rings. The summed E-state index contributed by atoms with van der Waals surface area (Å²) in [7, 11) is 0. The van der Waals surface area contributed by atoms with Crippen molar-refractivity contribution in [2.24, 2.45) is 0 Å². The van der Waals surface area contributed by atoms with Crippen LogP contribution >= 0.6 is 11.6 Å². The molecule has 30 heavy (non-hydrogen) atoms. The van der Waals surface area contributed by atoms with Gasteiger partial charge in [0, 0.05) is 29.4 Å². The zero-order valence-electron chi connectivity index (χ0n) is 16.5. The summed E-state index contributed by atoms with van der Waals surface area (Å²) in [6.07, 6.45) is 1.46. The van der Waals surface area contributed by atoms with E-state index in [0.717, 1.165) is 16.8 Å². The first-order valence-corrected chi connectivity index (χ1v) is 10.0. The van der Waals surface area contributed by atoms with Crippen LogP contribution in [0.3, 0.4) is 0 Å². The van der Waals surface area contributed by atoms with E-state index in [1.807, 2.05) is 36.4 Å². The lowest BCUT2D eigenvalue weighted by atomic mass is 10.1. The molecule has 0 saturated carbocycles. The highest BCUT2D eigenvalue weighted by atomic mass is 35.5. The summed E-state index contributed by atoms with van der Waals surface area (Å²) in [5, 5.41) is 4.80. The average Bonchev–Trinajstić information content (AvgIpc) is 2.76. The Hall–Kier alpha value is -3.03. The third-order valence-electron chi connectivity index (χ3n) is 4.98. The van der Waals surface area contributed by atoms with Crippen LogP contribution in [0, 0.1) is 6.92 Å². The molecule has 0 aliphatic carbocycles. The predicted molar refractivity (Wildman–Crippen MR) is 113 cm³/mol. The largest absolute Gasteiger partial charge is 0.368 e. The minimum Gasteiger partial charge on any atom is -0.368 e. The van der Waals surface area contributed by atoms with Crippen molar-refractivity contribution in [3.05, 3.63) is 81.5 Å². The van der Waals surface area contributed by atoms with Crippen LogP contribution < -0.4 is 5.56 Å². The van der Waals surface area contributed by atoms with Gasteiger partial charge >= 0.3 is 0 Å². The standard InChI is InChI=1S/C22H21ClN4O3/c1-15-5-8-21(28)27(25-15)14-22(29)26-9-10-30-20(13-26)19-7-6-17(12-24-19)16-3-2-4-18(23)11-16/h2-8,11-12,20H,9-10,13-14H2,1H3. The van der Waals surface area contributed by atoms with Crippen molar-refractivity contribution >= 4 is 17.5 Å². The number of amides is 1. The number of nitrogens with zero attached hydrogens (tertiary/aromatic N) is 4. The number of pyridine rings is 1.